The van der Waals surface area contributed by atoms with E-state index in [4.69, 9.17) is 11.6 Å². The minimum atomic E-state index is -0.602. The molecule has 0 aliphatic carbocycles. The fourth-order valence-corrected chi connectivity index (χ4v) is 2.36. The first-order valence-electron chi connectivity index (χ1n) is 5.88. The SMILES string of the molecule is CC(C)(C)NC1=NC(c2cc(Br)ccc2Cl)C(=O)N1. The molecule has 1 unspecified atom stereocenters. The van der Waals surface area contributed by atoms with E-state index in [-0.39, 0.29) is 11.4 Å². The quantitative estimate of drug-likeness (QED) is 0.823. The monoisotopic (exact) mass is 343 g/mol. The Hall–Kier alpha value is -1.07. The Labute approximate surface area is 125 Å². The molecule has 0 fully saturated rings. The third-order valence-corrected chi connectivity index (χ3v) is 3.33. The third kappa shape index (κ3) is 3.48. The van der Waals surface area contributed by atoms with Crippen LogP contribution in [0.4, 0.5) is 0 Å². The summed E-state index contributed by atoms with van der Waals surface area (Å²) in [6.07, 6.45) is 0. The van der Waals surface area contributed by atoms with Gasteiger partial charge in [-0.2, -0.15) is 0 Å². The Balaban J connectivity index is 2.30. The number of guanidine groups is 1. The molecule has 0 spiro atoms. The summed E-state index contributed by atoms with van der Waals surface area (Å²) in [5.74, 6) is 0.310. The number of halogens is 2. The molecular weight excluding hydrogens is 330 g/mol. The summed E-state index contributed by atoms with van der Waals surface area (Å²) in [4.78, 5) is 16.4. The van der Waals surface area contributed by atoms with Crippen LogP contribution in [-0.2, 0) is 4.79 Å². The van der Waals surface area contributed by atoms with Gasteiger partial charge < -0.3 is 5.32 Å². The minimum absolute atomic E-state index is 0.165. The molecule has 0 bridgehead atoms. The van der Waals surface area contributed by atoms with E-state index in [0.717, 1.165) is 4.47 Å². The van der Waals surface area contributed by atoms with E-state index in [9.17, 15) is 4.79 Å². The van der Waals surface area contributed by atoms with E-state index in [1.165, 1.54) is 0 Å². The second-order valence-corrected chi connectivity index (χ2v) is 6.73. The van der Waals surface area contributed by atoms with E-state index in [0.29, 0.717) is 16.5 Å². The van der Waals surface area contributed by atoms with Crippen molar-refractivity contribution in [3.63, 3.8) is 0 Å². The topological polar surface area (TPSA) is 53.5 Å². The van der Waals surface area contributed by atoms with Crippen LogP contribution in [0.25, 0.3) is 0 Å². The molecule has 0 saturated heterocycles. The van der Waals surface area contributed by atoms with Crippen molar-refractivity contribution >= 4 is 39.4 Å². The number of benzene rings is 1. The van der Waals surface area contributed by atoms with Gasteiger partial charge in [0.2, 0.25) is 0 Å². The van der Waals surface area contributed by atoms with E-state index in [2.05, 4.69) is 31.6 Å². The number of rotatable bonds is 1. The van der Waals surface area contributed by atoms with Gasteiger partial charge in [-0.3, -0.25) is 10.1 Å². The number of carbonyl (C=O) groups is 1. The second-order valence-electron chi connectivity index (χ2n) is 5.41. The Morgan fingerprint density at radius 1 is 1.42 bits per heavy atom. The lowest BCUT2D eigenvalue weighted by Crippen LogP contribution is -2.46. The normalized spacial score (nSPS) is 19.1. The largest absolute Gasteiger partial charge is 0.351 e. The molecule has 102 valence electrons. The maximum Gasteiger partial charge on any atom is 0.256 e. The van der Waals surface area contributed by atoms with Crippen LogP contribution in [0.1, 0.15) is 32.4 Å². The number of carbonyl (C=O) groups excluding carboxylic acids is 1. The maximum atomic E-state index is 12.0. The van der Waals surface area contributed by atoms with E-state index < -0.39 is 6.04 Å². The summed E-state index contributed by atoms with van der Waals surface area (Å²) in [5, 5.41) is 6.41. The predicted molar refractivity (Wildman–Crippen MR) is 80.4 cm³/mol. The molecule has 6 heteroatoms. The lowest BCUT2D eigenvalue weighted by atomic mass is 10.1. The Morgan fingerprint density at radius 3 is 2.74 bits per heavy atom. The minimum Gasteiger partial charge on any atom is -0.351 e. The molecule has 1 aliphatic rings. The fraction of sp³-hybridized carbons (Fsp3) is 0.385. The van der Waals surface area contributed by atoms with Crippen molar-refractivity contribution in [3.8, 4) is 0 Å². The van der Waals surface area contributed by atoms with Gasteiger partial charge in [0, 0.05) is 20.6 Å². The first kappa shape index (κ1) is 14.3. The zero-order valence-corrected chi connectivity index (χ0v) is 13.3. The first-order valence-corrected chi connectivity index (χ1v) is 7.05. The number of hydrogen-bond acceptors (Lipinski definition) is 3. The molecule has 0 aromatic heterocycles. The summed E-state index contributed by atoms with van der Waals surface area (Å²) >= 11 is 9.50. The van der Waals surface area contributed by atoms with Crippen molar-refractivity contribution in [2.45, 2.75) is 32.4 Å². The van der Waals surface area contributed by atoms with Crippen molar-refractivity contribution in [1.29, 1.82) is 0 Å². The van der Waals surface area contributed by atoms with Gasteiger partial charge in [0.15, 0.2) is 12.0 Å². The molecule has 1 atom stereocenters. The number of nitrogens with one attached hydrogen (secondary N) is 2. The highest BCUT2D eigenvalue weighted by Gasteiger charge is 2.31. The maximum absolute atomic E-state index is 12.0. The van der Waals surface area contributed by atoms with Crippen LogP contribution in [0.5, 0.6) is 0 Å². The van der Waals surface area contributed by atoms with Gasteiger partial charge in [-0.05, 0) is 39.0 Å². The van der Waals surface area contributed by atoms with Gasteiger partial charge in [-0.25, -0.2) is 4.99 Å². The average Bonchev–Trinajstić information content (AvgIpc) is 2.60. The van der Waals surface area contributed by atoms with Crippen molar-refractivity contribution in [2.24, 2.45) is 4.99 Å². The molecule has 1 amide bonds. The van der Waals surface area contributed by atoms with Crippen molar-refractivity contribution in [2.75, 3.05) is 0 Å². The van der Waals surface area contributed by atoms with Crippen LogP contribution < -0.4 is 10.6 Å². The fourth-order valence-electron chi connectivity index (χ4n) is 1.76. The molecule has 1 heterocycles. The molecule has 1 aliphatic heterocycles. The van der Waals surface area contributed by atoms with Crippen molar-refractivity contribution in [3.05, 3.63) is 33.3 Å². The lowest BCUT2D eigenvalue weighted by molar-refractivity contribution is -0.120. The van der Waals surface area contributed by atoms with Gasteiger partial charge in [0.1, 0.15) is 0 Å². The van der Waals surface area contributed by atoms with Crippen LogP contribution in [0.15, 0.2) is 27.7 Å². The number of hydrogen-bond donors (Lipinski definition) is 2. The highest BCUT2D eigenvalue weighted by atomic mass is 79.9. The summed E-state index contributed by atoms with van der Waals surface area (Å²) in [6, 6.07) is 4.79. The summed E-state index contributed by atoms with van der Waals surface area (Å²) in [5.41, 5.74) is 0.529. The number of nitrogens with zero attached hydrogens (tertiary/aromatic N) is 1. The molecule has 4 nitrogen and oxygen atoms in total. The highest BCUT2D eigenvalue weighted by Crippen LogP contribution is 2.30. The van der Waals surface area contributed by atoms with Gasteiger partial charge in [-0.1, -0.05) is 27.5 Å². The number of amides is 1. The molecular formula is C13H15BrClN3O. The summed E-state index contributed by atoms with van der Waals surface area (Å²) in [6.45, 7) is 6.00. The highest BCUT2D eigenvalue weighted by molar-refractivity contribution is 9.10. The third-order valence-electron chi connectivity index (χ3n) is 2.49. The Bertz CT molecular complexity index is 551. The number of aliphatic imine (C=N–C) groups is 1. The van der Waals surface area contributed by atoms with Gasteiger partial charge in [0.05, 0.1) is 0 Å². The Kier molecular flexibility index (Phi) is 3.87. The second kappa shape index (κ2) is 5.13. The van der Waals surface area contributed by atoms with E-state index in [1.54, 1.807) is 6.07 Å². The molecule has 19 heavy (non-hydrogen) atoms. The van der Waals surface area contributed by atoms with Gasteiger partial charge >= 0.3 is 0 Å². The average molecular weight is 345 g/mol. The van der Waals surface area contributed by atoms with Crippen molar-refractivity contribution < 1.29 is 4.79 Å². The molecule has 1 aromatic carbocycles. The summed E-state index contributed by atoms with van der Waals surface area (Å²) in [7, 11) is 0. The molecule has 2 N–H and O–H groups in total. The van der Waals surface area contributed by atoms with Gasteiger partial charge in [-0.15, -0.1) is 0 Å². The smallest absolute Gasteiger partial charge is 0.256 e. The van der Waals surface area contributed by atoms with Crippen LogP contribution in [0.3, 0.4) is 0 Å². The van der Waals surface area contributed by atoms with E-state index in [1.807, 2.05) is 32.9 Å². The van der Waals surface area contributed by atoms with Crippen LogP contribution in [-0.4, -0.2) is 17.4 Å². The molecule has 0 saturated carbocycles. The zero-order chi connectivity index (χ0) is 14.2. The summed E-state index contributed by atoms with van der Waals surface area (Å²) < 4.78 is 0.868. The van der Waals surface area contributed by atoms with Crippen LogP contribution >= 0.6 is 27.5 Å². The van der Waals surface area contributed by atoms with E-state index >= 15 is 0 Å². The molecule has 0 radical (unpaired) electrons. The standard InChI is InChI=1S/C13H15BrClN3O/c1-13(2,3)18-12-16-10(11(19)17-12)8-6-7(14)4-5-9(8)15/h4-6,10H,1-3H3,(H2,16,17,18,19). The Morgan fingerprint density at radius 2 is 2.11 bits per heavy atom. The van der Waals surface area contributed by atoms with Crippen LogP contribution in [0.2, 0.25) is 5.02 Å². The first-order chi connectivity index (χ1) is 8.76. The van der Waals surface area contributed by atoms with Crippen LogP contribution in [0, 0.1) is 0 Å². The predicted octanol–water partition coefficient (Wildman–Crippen LogP) is 3.02. The van der Waals surface area contributed by atoms with Crippen molar-refractivity contribution in [1.82, 2.24) is 10.6 Å². The zero-order valence-electron chi connectivity index (χ0n) is 10.9. The van der Waals surface area contributed by atoms with Gasteiger partial charge in [0.25, 0.3) is 5.91 Å². The molecule has 2 rings (SSSR count). The molecule has 1 aromatic rings. The lowest BCUT2D eigenvalue weighted by Gasteiger charge is -2.21.